The number of carbonyl (C=O) groups is 2. The van der Waals surface area contributed by atoms with Gasteiger partial charge in [0.25, 0.3) is 10.0 Å². The fraction of sp³-hybridized carbons (Fsp3) is 0.286. The van der Waals surface area contributed by atoms with Crippen LogP contribution in [0, 0.1) is 5.82 Å². The zero-order chi connectivity index (χ0) is 29.4. The summed E-state index contributed by atoms with van der Waals surface area (Å²) in [6.07, 6.45) is 0.276. The van der Waals surface area contributed by atoms with Crippen LogP contribution < -0.4 is 19.1 Å². The Hall–Kier alpha value is -3.83. The molecule has 0 radical (unpaired) electrons. The largest absolute Gasteiger partial charge is 0.493 e. The topological polar surface area (TPSA) is 105 Å². The molecule has 0 aliphatic heterocycles. The molecule has 0 aliphatic carbocycles. The molecular formula is C28H31ClFN3O6S. The van der Waals surface area contributed by atoms with E-state index >= 15 is 0 Å². The highest BCUT2D eigenvalue weighted by Gasteiger charge is 2.33. The molecule has 0 aromatic heterocycles. The Morgan fingerprint density at radius 1 is 0.975 bits per heavy atom. The minimum atomic E-state index is -4.38. The van der Waals surface area contributed by atoms with Gasteiger partial charge in [-0.05, 0) is 60.5 Å². The first kappa shape index (κ1) is 30.7. The maximum Gasteiger partial charge on any atom is 0.264 e. The van der Waals surface area contributed by atoms with Gasteiger partial charge in [0.2, 0.25) is 11.8 Å². The molecule has 0 spiro atoms. The Morgan fingerprint density at radius 3 is 2.15 bits per heavy atom. The number of amides is 2. The van der Waals surface area contributed by atoms with Crippen LogP contribution in [0.15, 0.2) is 71.6 Å². The summed E-state index contributed by atoms with van der Waals surface area (Å²) < 4.78 is 53.0. The minimum Gasteiger partial charge on any atom is -0.493 e. The maximum atomic E-state index is 13.9. The van der Waals surface area contributed by atoms with Crippen LogP contribution in [0.4, 0.5) is 10.1 Å². The molecule has 1 atom stereocenters. The van der Waals surface area contributed by atoms with E-state index in [1.807, 2.05) is 0 Å². The number of sulfonamides is 1. The van der Waals surface area contributed by atoms with Crippen molar-refractivity contribution < 1.29 is 31.9 Å². The van der Waals surface area contributed by atoms with Crippen molar-refractivity contribution in [3.05, 3.63) is 83.1 Å². The van der Waals surface area contributed by atoms with E-state index in [2.05, 4.69) is 5.32 Å². The summed E-state index contributed by atoms with van der Waals surface area (Å²) in [7, 11) is -0.132. The highest BCUT2D eigenvalue weighted by molar-refractivity contribution is 7.92. The Balaban J connectivity index is 2.08. The van der Waals surface area contributed by atoms with Crippen LogP contribution in [0.5, 0.6) is 11.5 Å². The molecule has 12 heteroatoms. The SMILES string of the molecule is CCC(C(=O)NC)N(Cc1ccc(Cl)cc1)C(=O)CN(c1ccc(F)cc1)S(=O)(=O)c1ccc(OC)c(OC)c1. The van der Waals surface area contributed by atoms with Crippen LogP contribution >= 0.6 is 11.6 Å². The summed E-state index contributed by atoms with van der Waals surface area (Å²) in [5.74, 6) is -1.13. The number of likely N-dealkylation sites (N-methyl/N-ethyl adjacent to an activating group) is 1. The lowest BCUT2D eigenvalue weighted by Crippen LogP contribution is -2.51. The van der Waals surface area contributed by atoms with E-state index in [0.29, 0.717) is 16.3 Å². The summed E-state index contributed by atoms with van der Waals surface area (Å²) >= 11 is 6.01. The fourth-order valence-electron chi connectivity index (χ4n) is 4.11. The lowest BCUT2D eigenvalue weighted by molar-refractivity contribution is -0.140. The molecule has 0 aliphatic rings. The lowest BCUT2D eigenvalue weighted by atomic mass is 10.1. The highest BCUT2D eigenvalue weighted by atomic mass is 35.5. The molecule has 0 heterocycles. The number of rotatable bonds is 12. The standard InChI is InChI=1S/C28H31ClFN3O6S/c1-5-24(28(35)31-2)32(17-19-6-8-20(29)9-7-19)27(34)18-33(22-12-10-21(30)11-13-22)40(36,37)23-14-15-25(38-3)26(16-23)39-4/h6-16,24H,5,17-18H2,1-4H3,(H,31,35). The van der Waals surface area contributed by atoms with Gasteiger partial charge in [-0.25, -0.2) is 12.8 Å². The molecular weight excluding hydrogens is 561 g/mol. The van der Waals surface area contributed by atoms with Crippen molar-refractivity contribution in [2.75, 3.05) is 32.1 Å². The Morgan fingerprint density at radius 2 is 1.60 bits per heavy atom. The van der Waals surface area contributed by atoms with Gasteiger partial charge in [-0.1, -0.05) is 30.7 Å². The van der Waals surface area contributed by atoms with E-state index in [1.54, 1.807) is 31.2 Å². The molecule has 1 unspecified atom stereocenters. The first-order valence-electron chi connectivity index (χ1n) is 12.3. The molecule has 0 fully saturated rings. The van der Waals surface area contributed by atoms with Gasteiger partial charge in [-0.3, -0.25) is 13.9 Å². The molecule has 3 aromatic rings. The summed E-state index contributed by atoms with van der Waals surface area (Å²) in [6.45, 7) is 1.11. The fourth-order valence-corrected chi connectivity index (χ4v) is 5.67. The number of methoxy groups -OCH3 is 2. The summed E-state index contributed by atoms with van der Waals surface area (Å²) in [6, 6.07) is 14.6. The minimum absolute atomic E-state index is 0.0234. The first-order chi connectivity index (χ1) is 19.0. The number of ether oxygens (including phenoxy) is 2. The number of anilines is 1. The van der Waals surface area contributed by atoms with Gasteiger partial charge >= 0.3 is 0 Å². The van der Waals surface area contributed by atoms with Crippen LogP contribution in [-0.2, 0) is 26.2 Å². The monoisotopic (exact) mass is 591 g/mol. The van der Waals surface area contributed by atoms with E-state index in [-0.39, 0.29) is 29.3 Å². The van der Waals surface area contributed by atoms with E-state index in [9.17, 15) is 22.4 Å². The molecule has 0 bridgehead atoms. The van der Waals surface area contributed by atoms with Gasteiger partial charge in [0.05, 0.1) is 24.8 Å². The predicted octanol–water partition coefficient (Wildman–Crippen LogP) is 4.25. The van der Waals surface area contributed by atoms with Crippen LogP contribution in [0.2, 0.25) is 5.02 Å². The number of nitrogens with zero attached hydrogens (tertiary/aromatic N) is 2. The second-order valence-corrected chi connectivity index (χ2v) is 11.0. The van der Waals surface area contributed by atoms with E-state index in [1.165, 1.54) is 56.5 Å². The van der Waals surface area contributed by atoms with Crippen molar-refractivity contribution in [2.24, 2.45) is 0 Å². The molecule has 40 heavy (non-hydrogen) atoms. The van der Waals surface area contributed by atoms with Gasteiger partial charge < -0.3 is 19.7 Å². The second-order valence-electron chi connectivity index (χ2n) is 8.69. The Labute approximate surface area is 238 Å². The Bertz CT molecular complexity index is 1440. The molecule has 1 N–H and O–H groups in total. The molecule has 0 saturated carbocycles. The number of hydrogen-bond donors (Lipinski definition) is 1. The molecule has 2 amide bonds. The summed E-state index contributed by atoms with van der Waals surface area (Å²) in [5, 5.41) is 3.07. The number of carbonyl (C=O) groups excluding carboxylic acids is 2. The van der Waals surface area contributed by atoms with Crippen LogP contribution in [0.3, 0.4) is 0 Å². The predicted molar refractivity (Wildman–Crippen MR) is 151 cm³/mol. The molecule has 214 valence electrons. The third-order valence-corrected chi connectivity index (χ3v) is 8.26. The average molecular weight is 592 g/mol. The Kier molecular flexibility index (Phi) is 10.4. The number of benzene rings is 3. The van der Waals surface area contributed by atoms with E-state index in [4.69, 9.17) is 21.1 Å². The zero-order valence-corrected chi connectivity index (χ0v) is 24.1. The number of hydrogen-bond acceptors (Lipinski definition) is 6. The smallest absolute Gasteiger partial charge is 0.264 e. The van der Waals surface area contributed by atoms with E-state index < -0.39 is 40.2 Å². The number of halogens is 2. The lowest BCUT2D eigenvalue weighted by Gasteiger charge is -2.33. The van der Waals surface area contributed by atoms with Crippen LogP contribution in [0.1, 0.15) is 18.9 Å². The van der Waals surface area contributed by atoms with Crippen molar-refractivity contribution in [3.8, 4) is 11.5 Å². The molecule has 9 nitrogen and oxygen atoms in total. The quantitative estimate of drug-likeness (QED) is 0.338. The zero-order valence-electron chi connectivity index (χ0n) is 22.6. The van der Waals surface area contributed by atoms with Gasteiger partial charge in [0, 0.05) is 24.7 Å². The van der Waals surface area contributed by atoms with Gasteiger partial charge in [-0.2, -0.15) is 0 Å². The summed E-state index contributed by atoms with van der Waals surface area (Å²) in [5.41, 5.74) is 0.750. The normalized spacial score (nSPS) is 11.8. The highest BCUT2D eigenvalue weighted by Crippen LogP contribution is 2.32. The average Bonchev–Trinajstić information content (AvgIpc) is 2.96. The van der Waals surface area contributed by atoms with Crippen molar-refractivity contribution >= 4 is 39.1 Å². The van der Waals surface area contributed by atoms with Crippen LogP contribution in [-0.4, -0.2) is 59.0 Å². The van der Waals surface area contributed by atoms with Gasteiger partial charge in [0.15, 0.2) is 11.5 Å². The van der Waals surface area contributed by atoms with Crippen molar-refractivity contribution in [3.63, 3.8) is 0 Å². The van der Waals surface area contributed by atoms with Gasteiger partial charge in [-0.15, -0.1) is 0 Å². The summed E-state index contributed by atoms with van der Waals surface area (Å²) in [4.78, 5) is 27.8. The maximum absolute atomic E-state index is 13.9. The van der Waals surface area contributed by atoms with E-state index in [0.717, 1.165) is 16.4 Å². The number of nitrogens with one attached hydrogen (secondary N) is 1. The molecule has 3 aromatic carbocycles. The molecule has 3 rings (SSSR count). The third kappa shape index (κ3) is 7.02. The van der Waals surface area contributed by atoms with Crippen LogP contribution in [0.25, 0.3) is 0 Å². The third-order valence-electron chi connectivity index (χ3n) is 6.23. The molecule has 0 saturated heterocycles. The van der Waals surface area contributed by atoms with Crippen molar-refractivity contribution in [1.29, 1.82) is 0 Å². The van der Waals surface area contributed by atoms with Crippen molar-refractivity contribution in [1.82, 2.24) is 10.2 Å². The second kappa shape index (κ2) is 13.5. The first-order valence-corrected chi connectivity index (χ1v) is 14.1. The van der Waals surface area contributed by atoms with Gasteiger partial charge in [0.1, 0.15) is 18.4 Å². The van der Waals surface area contributed by atoms with Crippen molar-refractivity contribution in [2.45, 2.75) is 30.8 Å².